The standard InChI is InChI=1S/C16H25N5O8/c17-21-18-9-3-1-2-4-12(22)19-10(15(26)27)5-7-13(23)20-11(16(28)29)6-8-14(24)25/h10-11H,1-9H2,(H,19,22)(H,20,23)(H,24,25)(H,26,27)(H,28,29). The second kappa shape index (κ2) is 14.7. The Morgan fingerprint density at radius 1 is 0.793 bits per heavy atom. The smallest absolute Gasteiger partial charge is 0.326 e. The molecule has 162 valence electrons. The van der Waals surface area contributed by atoms with Crippen LogP contribution in [0.3, 0.4) is 0 Å². The Labute approximate surface area is 166 Å². The summed E-state index contributed by atoms with van der Waals surface area (Å²) in [5.74, 6) is -5.22. The first-order chi connectivity index (χ1) is 13.7. The van der Waals surface area contributed by atoms with Crippen LogP contribution in [0, 0.1) is 0 Å². The molecule has 2 atom stereocenters. The van der Waals surface area contributed by atoms with Crippen LogP contribution in [0.1, 0.15) is 51.4 Å². The fourth-order valence-electron chi connectivity index (χ4n) is 2.28. The third-order valence-electron chi connectivity index (χ3n) is 3.80. The van der Waals surface area contributed by atoms with Crippen molar-refractivity contribution in [2.45, 2.75) is 63.5 Å². The summed E-state index contributed by atoms with van der Waals surface area (Å²) in [6.45, 7) is 0.314. The third-order valence-corrected chi connectivity index (χ3v) is 3.80. The van der Waals surface area contributed by atoms with Gasteiger partial charge in [0.25, 0.3) is 0 Å². The molecule has 0 aromatic carbocycles. The Balaban J connectivity index is 4.39. The molecule has 0 saturated carbocycles. The summed E-state index contributed by atoms with van der Waals surface area (Å²) >= 11 is 0. The zero-order valence-electron chi connectivity index (χ0n) is 15.7. The maximum absolute atomic E-state index is 11.9. The number of azide groups is 1. The Morgan fingerprint density at radius 3 is 1.79 bits per heavy atom. The molecule has 0 heterocycles. The van der Waals surface area contributed by atoms with E-state index < -0.39 is 48.2 Å². The predicted octanol–water partition coefficient (Wildman–Crippen LogP) is 0.641. The molecule has 5 N–H and O–H groups in total. The van der Waals surface area contributed by atoms with Gasteiger partial charge in [-0.15, -0.1) is 0 Å². The lowest BCUT2D eigenvalue weighted by Gasteiger charge is -2.16. The van der Waals surface area contributed by atoms with Crippen molar-refractivity contribution < 1.29 is 39.3 Å². The van der Waals surface area contributed by atoms with E-state index in [4.69, 9.17) is 20.9 Å². The highest BCUT2D eigenvalue weighted by atomic mass is 16.4. The van der Waals surface area contributed by atoms with E-state index in [-0.39, 0.29) is 25.7 Å². The molecule has 0 aliphatic heterocycles. The number of carbonyl (C=O) groups excluding carboxylic acids is 2. The summed E-state index contributed by atoms with van der Waals surface area (Å²) < 4.78 is 0. The second-order valence-electron chi connectivity index (χ2n) is 6.15. The first-order valence-corrected chi connectivity index (χ1v) is 8.94. The molecule has 0 radical (unpaired) electrons. The molecule has 0 aliphatic carbocycles. The average Bonchev–Trinajstić information content (AvgIpc) is 2.64. The minimum Gasteiger partial charge on any atom is -0.481 e. The maximum atomic E-state index is 11.9. The Kier molecular flexibility index (Phi) is 13.0. The van der Waals surface area contributed by atoms with Crippen LogP contribution in [-0.2, 0) is 24.0 Å². The van der Waals surface area contributed by atoms with Crippen molar-refractivity contribution in [2.75, 3.05) is 6.54 Å². The van der Waals surface area contributed by atoms with E-state index >= 15 is 0 Å². The SMILES string of the molecule is [N-]=[N+]=NCCCCCC(=O)NC(CCC(=O)NC(CCC(=O)O)C(=O)O)C(=O)O. The van der Waals surface area contributed by atoms with Crippen LogP contribution >= 0.6 is 0 Å². The van der Waals surface area contributed by atoms with Crippen LogP contribution < -0.4 is 10.6 Å². The van der Waals surface area contributed by atoms with Gasteiger partial charge in [0.2, 0.25) is 11.8 Å². The van der Waals surface area contributed by atoms with Gasteiger partial charge in [-0.1, -0.05) is 11.5 Å². The molecule has 13 nitrogen and oxygen atoms in total. The molecule has 29 heavy (non-hydrogen) atoms. The summed E-state index contributed by atoms with van der Waals surface area (Å²) in [4.78, 5) is 59.1. The number of hydrogen-bond donors (Lipinski definition) is 5. The molecular formula is C16H25N5O8. The monoisotopic (exact) mass is 415 g/mol. The number of nitrogens with one attached hydrogen (secondary N) is 2. The van der Waals surface area contributed by atoms with Gasteiger partial charge in [-0.2, -0.15) is 0 Å². The van der Waals surface area contributed by atoms with Crippen LogP contribution in [0.5, 0.6) is 0 Å². The molecule has 0 fully saturated rings. The molecule has 0 bridgehead atoms. The number of unbranched alkanes of at least 4 members (excludes halogenated alkanes) is 2. The van der Waals surface area contributed by atoms with Gasteiger partial charge in [0.15, 0.2) is 0 Å². The number of rotatable bonds is 16. The lowest BCUT2D eigenvalue weighted by molar-refractivity contribution is -0.144. The fourth-order valence-corrected chi connectivity index (χ4v) is 2.28. The summed E-state index contributed by atoms with van der Waals surface area (Å²) in [7, 11) is 0. The number of carboxylic acids is 3. The van der Waals surface area contributed by atoms with Gasteiger partial charge in [0.05, 0.1) is 0 Å². The van der Waals surface area contributed by atoms with Gasteiger partial charge in [0.1, 0.15) is 12.1 Å². The predicted molar refractivity (Wildman–Crippen MR) is 97.7 cm³/mol. The summed E-state index contributed by atoms with van der Waals surface area (Å²) in [6.07, 6.45) is 0.399. The third kappa shape index (κ3) is 13.5. The highest BCUT2D eigenvalue weighted by Gasteiger charge is 2.24. The van der Waals surface area contributed by atoms with Crippen LogP contribution in [-0.4, -0.2) is 63.7 Å². The van der Waals surface area contributed by atoms with Crippen molar-refractivity contribution in [3.63, 3.8) is 0 Å². The molecule has 0 aromatic heterocycles. The number of carbonyl (C=O) groups is 5. The maximum Gasteiger partial charge on any atom is 0.326 e. The number of amides is 2. The number of carboxylic acid groups (broad SMARTS) is 3. The first kappa shape index (κ1) is 25.7. The molecule has 2 amide bonds. The Bertz CT molecular complexity index is 647. The van der Waals surface area contributed by atoms with E-state index in [9.17, 15) is 24.0 Å². The van der Waals surface area contributed by atoms with Crippen LogP contribution in [0.15, 0.2) is 5.11 Å². The number of aliphatic carboxylic acids is 3. The summed E-state index contributed by atoms with van der Waals surface area (Å²) in [5.41, 5.74) is 8.13. The Hall–Kier alpha value is -3.34. The number of hydrogen-bond acceptors (Lipinski definition) is 6. The van der Waals surface area contributed by atoms with E-state index in [1.807, 2.05) is 0 Å². The second-order valence-corrected chi connectivity index (χ2v) is 6.15. The van der Waals surface area contributed by atoms with Gasteiger partial charge in [-0.05, 0) is 31.2 Å². The first-order valence-electron chi connectivity index (χ1n) is 8.94. The molecular weight excluding hydrogens is 390 g/mol. The summed E-state index contributed by atoms with van der Waals surface area (Å²) in [5, 5.41) is 34.5. The van der Waals surface area contributed by atoms with Crippen LogP contribution in [0.2, 0.25) is 0 Å². The van der Waals surface area contributed by atoms with Gasteiger partial charge in [-0.25, -0.2) is 9.59 Å². The normalized spacial score (nSPS) is 12.1. The molecule has 0 aromatic rings. The van der Waals surface area contributed by atoms with Crippen molar-refractivity contribution in [2.24, 2.45) is 5.11 Å². The molecule has 0 saturated heterocycles. The molecule has 0 rings (SSSR count). The highest BCUT2D eigenvalue weighted by Crippen LogP contribution is 2.05. The highest BCUT2D eigenvalue weighted by molar-refractivity contribution is 5.86. The summed E-state index contributed by atoms with van der Waals surface area (Å²) in [6, 6.07) is -2.72. The van der Waals surface area contributed by atoms with Crippen molar-refractivity contribution in [1.82, 2.24) is 10.6 Å². The van der Waals surface area contributed by atoms with E-state index in [0.717, 1.165) is 0 Å². The van der Waals surface area contributed by atoms with E-state index in [2.05, 4.69) is 20.7 Å². The number of nitrogens with zero attached hydrogens (tertiary/aromatic N) is 3. The van der Waals surface area contributed by atoms with Crippen LogP contribution in [0.4, 0.5) is 0 Å². The lowest BCUT2D eigenvalue weighted by atomic mass is 10.1. The van der Waals surface area contributed by atoms with Gasteiger partial charge >= 0.3 is 17.9 Å². The van der Waals surface area contributed by atoms with Gasteiger partial charge < -0.3 is 26.0 Å². The largest absolute Gasteiger partial charge is 0.481 e. The van der Waals surface area contributed by atoms with Crippen LogP contribution in [0.25, 0.3) is 10.4 Å². The zero-order valence-corrected chi connectivity index (χ0v) is 15.7. The fraction of sp³-hybridized carbons (Fsp3) is 0.688. The molecule has 0 aliphatic rings. The van der Waals surface area contributed by atoms with E-state index in [1.54, 1.807) is 0 Å². The van der Waals surface area contributed by atoms with E-state index in [0.29, 0.717) is 25.8 Å². The van der Waals surface area contributed by atoms with Crippen molar-refractivity contribution in [3.8, 4) is 0 Å². The topological polar surface area (TPSA) is 219 Å². The van der Waals surface area contributed by atoms with Gasteiger partial charge in [0, 0.05) is 30.7 Å². The van der Waals surface area contributed by atoms with Crippen molar-refractivity contribution in [3.05, 3.63) is 10.4 Å². The Morgan fingerprint density at radius 2 is 1.31 bits per heavy atom. The average molecular weight is 415 g/mol. The van der Waals surface area contributed by atoms with Crippen molar-refractivity contribution >= 4 is 29.7 Å². The molecule has 13 heteroatoms. The van der Waals surface area contributed by atoms with E-state index in [1.165, 1.54) is 0 Å². The van der Waals surface area contributed by atoms with Gasteiger partial charge in [-0.3, -0.25) is 14.4 Å². The minimum absolute atomic E-state index is 0.0719. The molecule has 2 unspecified atom stereocenters. The quantitative estimate of drug-likeness (QED) is 0.104. The van der Waals surface area contributed by atoms with Crippen molar-refractivity contribution in [1.29, 1.82) is 0 Å². The molecule has 0 spiro atoms. The zero-order chi connectivity index (χ0) is 22.2. The minimum atomic E-state index is -1.40. The lowest BCUT2D eigenvalue weighted by Crippen LogP contribution is -2.44.